The Morgan fingerprint density at radius 3 is 2.93 bits per heavy atom. The maximum absolute atomic E-state index is 11.3. The van der Waals surface area contributed by atoms with Crippen LogP contribution in [0.5, 0.6) is 5.75 Å². The van der Waals surface area contributed by atoms with Gasteiger partial charge in [-0.25, -0.2) is 0 Å². The van der Waals surface area contributed by atoms with E-state index < -0.39 is 4.92 Å². The zero-order chi connectivity index (χ0) is 19.7. The second-order valence-electron chi connectivity index (χ2n) is 6.19. The van der Waals surface area contributed by atoms with Crippen LogP contribution in [0.25, 0.3) is 11.4 Å². The van der Waals surface area contributed by atoms with Crippen LogP contribution in [0.4, 0.5) is 5.69 Å². The van der Waals surface area contributed by atoms with E-state index in [-0.39, 0.29) is 12.5 Å². The predicted molar refractivity (Wildman–Crippen MR) is 101 cm³/mol. The Bertz CT molecular complexity index is 1030. The van der Waals surface area contributed by atoms with E-state index in [9.17, 15) is 10.1 Å². The summed E-state index contributed by atoms with van der Waals surface area (Å²) in [5, 5.41) is 20.6. The molecule has 0 atom stereocenters. The number of hydrogen-bond acceptors (Lipinski definition) is 8. The molecule has 9 nitrogen and oxygen atoms in total. The molecule has 0 radical (unpaired) electrons. The van der Waals surface area contributed by atoms with Crippen molar-refractivity contribution in [2.75, 3.05) is 6.79 Å². The number of hydrogen-bond donors (Lipinski definition) is 0. The van der Waals surface area contributed by atoms with Crippen LogP contribution >= 0.6 is 11.8 Å². The topological polar surface area (TPSA) is 105 Å². The van der Waals surface area contributed by atoms with Crippen molar-refractivity contribution in [3.05, 3.63) is 51.5 Å². The first-order valence-electron chi connectivity index (χ1n) is 8.69. The molecule has 10 heteroatoms. The molecule has 0 N–H and O–H groups in total. The number of nitrogens with zero attached hydrogens (tertiary/aromatic N) is 4. The van der Waals surface area contributed by atoms with Crippen LogP contribution in [0, 0.1) is 17.0 Å². The summed E-state index contributed by atoms with van der Waals surface area (Å²) in [4.78, 5) is 10.9. The largest absolute Gasteiger partial charge is 0.469 e. The molecule has 0 aliphatic carbocycles. The van der Waals surface area contributed by atoms with Crippen LogP contribution in [0.3, 0.4) is 0 Å². The third kappa shape index (κ3) is 3.36. The standard InChI is InChI=1S/C18H18N4O5S/c1-3-21-17(15-4-5-26-11(15)2)19-20-18(21)28-9-13-7-14(22(23)24)6-12-8-25-10-27-16(12)13/h4-7H,3,8-10H2,1-2H3. The van der Waals surface area contributed by atoms with Crippen LogP contribution in [0.15, 0.2) is 34.0 Å². The van der Waals surface area contributed by atoms with Crippen molar-refractivity contribution in [3.63, 3.8) is 0 Å². The highest BCUT2D eigenvalue weighted by Crippen LogP contribution is 2.36. The van der Waals surface area contributed by atoms with Crippen LogP contribution in [0.1, 0.15) is 23.8 Å². The van der Waals surface area contributed by atoms with Gasteiger partial charge in [-0.05, 0) is 19.9 Å². The Kier molecular flexibility index (Phi) is 5.05. The van der Waals surface area contributed by atoms with E-state index in [4.69, 9.17) is 13.9 Å². The number of rotatable bonds is 6. The summed E-state index contributed by atoms with van der Waals surface area (Å²) in [7, 11) is 0. The lowest BCUT2D eigenvalue weighted by atomic mass is 10.1. The first-order valence-corrected chi connectivity index (χ1v) is 9.68. The van der Waals surface area contributed by atoms with Gasteiger partial charge in [0.05, 0.1) is 23.4 Å². The molecule has 0 spiro atoms. The number of benzene rings is 1. The molecule has 146 valence electrons. The van der Waals surface area contributed by atoms with Gasteiger partial charge in [0.1, 0.15) is 11.5 Å². The minimum absolute atomic E-state index is 0.0233. The van der Waals surface area contributed by atoms with Crippen LogP contribution in [-0.4, -0.2) is 26.5 Å². The van der Waals surface area contributed by atoms with E-state index in [0.29, 0.717) is 30.2 Å². The maximum Gasteiger partial charge on any atom is 0.270 e. The summed E-state index contributed by atoms with van der Waals surface area (Å²) in [5.74, 6) is 2.63. The summed E-state index contributed by atoms with van der Waals surface area (Å²) >= 11 is 1.46. The molecule has 4 rings (SSSR count). The average molecular weight is 402 g/mol. The number of thioether (sulfide) groups is 1. The van der Waals surface area contributed by atoms with Gasteiger partial charge in [0.2, 0.25) is 0 Å². The van der Waals surface area contributed by atoms with E-state index in [0.717, 1.165) is 27.9 Å². The molecule has 1 aliphatic rings. The molecule has 0 bridgehead atoms. The fourth-order valence-electron chi connectivity index (χ4n) is 3.13. The smallest absolute Gasteiger partial charge is 0.270 e. The number of furan rings is 1. The fraction of sp³-hybridized carbons (Fsp3) is 0.333. The van der Waals surface area contributed by atoms with Crippen molar-refractivity contribution in [2.45, 2.75) is 37.9 Å². The van der Waals surface area contributed by atoms with E-state index >= 15 is 0 Å². The van der Waals surface area contributed by atoms with E-state index in [1.165, 1.54) is 17.8 Å². The van der Waals surface area contributed by atoms with Crippen molar-refractivity contribution < 1.29 is 18.8 Å². The number of fused-ring (bicyclic) bond motifs is 1. The lowest BCUT2D eigenvalue weighted by Crippen LogP contribution is -2.13. The van der Waals surface area contributed by atoms with Crippen molar-refractivity contribution in [2.24, 2.45) is 0 Å². The van der Waals surface area contributed by atoms with Crippen LogP contribution < -0.4 is 4.74 Å². The molecule has 1 aromatic carbocycles. The number of nitro benzene ring substituents is 1. The van der Waals surface area contributed by atoms with Gasteiger partial charge in [0, 0.05) is 35.6 Å². The zero-order valence-electron chi connectivity index (χ0n) is 15.4. The first kappa shape index (κ1) is 18.5. The average Bonchev–Trinajstić information content (AvgIpc) is 3.30. The molecule has 28 heavy (non-hydrogen) atoms. The van der Waals surface area contributed by atoms with Crippen molar-refractivity contribution >= 4 is 17.4 Å². The number of ether oxygens (including phenoxy) is 2. The molecular formula is C18H18N4O5S. The van der Waals surface area contributed by atoms with E-state index in [2.05, 4.69) is 10.2 Å². The van der Waals surface area contributed by atoms with Gasteiger partial charge in [-0.2, -0.15) is 0 Å². The van der Waals surface area contributed by atoms with Crippen LogP contribution in [0.2, 0.25) is 0 Å². The Hall–Kier alpha value is -2.85. The lowest BCUT2D eigenvalue weighted by molar-refractivity contribution is -0.385. The minimum atomic E-state index is -0.405. The highest BCUT2D eigenvalue weighted by molar-refractivity contribution is 7.98. The van der Waals surface area contributed by atoms with Crippen molar-refractivity contribution in [1.29, 1.82) is 0 Å². The Labute approximate surface area is 164 Å². The van der Waals surface area contributed by atoms with Crippen LogP contribution in [-0.2, 0) is 23.6 Å². The summed E-state index contributed by atoms with van der Waals surface area (Å²) in [6.45, 7) is 5.02. The normalized spacial score (nSPS) is 13.2. The second kappa shape index (κ2) is 7.64. The molecule has 3 heterocycles. The quantitative estimate of drug-likeness (QED) is 0.347. The molecule has 1 aliphatic heterocycles. The molecule has 0 saturated heterocycles. The number of aryl methyl sites for hydroxylation is 1. The highest BCUT2D eigenvalue weighted by Gasteiger charge is 2.22. The molecule has 0 saturated carbocycles. The Balaban J connectivity index is 1.63. The fourth-order valence-corrected chi connectivity index (χ4v) is 4.10. The van der Waals surface area contributed by atoms with Gasteiger partial charge in [-0.15, -0.1) is 10.2 Å². The first-order chi connectivity index (χ1) is 13.6. The molecule has 0 unspecified atom stereocenters. The zero-order valence-corrected chi connectivity index (χ0v) is 16.2. The summed E-state index contributed by atoms with van der Waals surface area (Å²) in [5.41, 5.74) is 2.34. The number of aromatic nitrogens is 3. The number of non-ortho nitro benzene ring substituents is 1. The molecule has 2 aromatic heterocycles. The van der Waals surface area contributed by atoms with Gasteiger partial charge in [-0.1, -0.05) is 11.8 Å². The molecule has 0 fully saturated rings. The lowest BCUT2D eigenvalue weighted by Gasteiger charge is -2.20. The predicted octanol–water partition coefficient (Wildman–Crippen LogP) is 3.93. The summed E-state index contributed by atoms with van der Waals surface area (Å²) in [6, 6.07) is 4.91. The Morgan fingerprint density at radius 2 is 2.21 bits per heavy atom. The Morgan fingerprint density at radius 1 is 1.36 bits per heavy atom. The van der Waals surface area contributed by atoms with E-state index in [1.807, 2.05) is 24.5 Å². The van der Waals surface area contributed by atoms with Gasteiger partial charge in [0.25, 0.3) is 5.69 Å². The molecule has 0 amide bonds. The third-order valence-electron chi connectivity index (χ3n) is 4.47. The molecular weight excluding hydrogens is 384 g/mol. The summed E-state index contributed by atoms with van der Waals surface area (Å²) < 4.78 is 18.2. The maximum atomic E-state index is 11.3. The number of nitro groups is 1. The van der Waals surface area contributed by atoms with Gasteiger partial charge in [0.15, 0.2) is 17.8 Å². The monoisotopic (exact) mass is 402 g/mol. The van der Waals surface area contributed by atoms with Crippen molar-refractivity contribution in [1.82, 2.24) is 14.8 Å². The highest BCUT2D eigenvalue weighted by atomic mass is 32.2. The van der Waals surface area contributed by atoms with Crippen molar-refractivity contribution in [3.8, 4) is 17.1 Å². The second-order valence-corrected chi connectivity index (χ2v) is 7.13. The molecule has 3 aromatic rings. The van der Waals surface area contributed by atoms with E-state index in [1.54, 1.807) is 12.3 Å². The minimum Gasteiger partial charge on any atom is -0.469 e. The summed E-state index contributed by atoms with van der Waals surface area (Å²) in [6.07, 6.45) is 1.63. The third-order valence-corrected chi connectivity index (χ3v) is 5.49. The van der Waals surface area contributed by atoms with Gasteiger partial charge in [-0.3, -0.25) is 10.1 Å². The SMILES string of the molecule is CCn1c(SCc2cc([N+](=O)[O-])cc3c2OCOC3)nnc1-c1ccoc1C. The van der Waals surface area contributed by atoms with Gasteiger partial charge >= 0.3 is 0 Å². The van der Waals surface area contributed by atoms with Gasteiger partial charge < -0.3 is 18.5 Å².